The van der Waals surface area contributed by atoms with E-state index in [9.17, 15) is 19.5 Å². The Hall–Kier alpha value is -2.55. The highest BCUT2D eigenvalue weighted by molar-refractivity contribution is 7.16. The van der Waals surface area contributed by atoms with Gasteiger partial charge in [0.2, 0.25) is 0 Å². The van der Waals surface area contributed by atoms with E-state index in [1.165, 1.54) is 17.4 Å². The van der Waals surface area contributed by atoms with Gasteiger partial charge in [-0.2, -0.15) is 0 Å². The molecule has 3 N–H and O–H groups in total. The molecule has 0 saturated carbocycles. The largest absolute Gasteiger partial charge is 0.506 e. The number of aliphatic carboxylic acids is 1. The third kappa shape index (κ3) is 2.68. The van der Waals surface area contributed by atoms with Crippen molar-refractivity contribution in [3.05, 3.63) is 27.4 Å². The van der Waals surface area contributed by atoms with Crippen LogP contribution < -0.4 is 15.7 Å². The van der Waals surface area contributed by atoms with Gasteiger partial charge < -0.3 is 20.4 Å². The van der Waals surface area contributed by atoms with Crippen LogP contribution in [0.15, 0.2) is 16.2 Å². The van der Waals surface area contributed by atoms with Gasteiger partial charge in [0.05, 0.1) is 5.39 Å². The molecule has 9 heteroatoms. The Balaban J connectivity index is 2.60. The summed E-state index contributed by atoms with van der Waals surface area (Å²) in [6, 6.07) is 1.54. The van der Waals surface area contributed by atoms with Gasteiger partial charge in [0.25, 0.3) is 5.91 Å². The SMILES string of the molecule is CCOn1c(=O)c(C(=O)NCC(=O)O)c(O)c2ccsc21. The molecule has 112 valence electrons. The van der Waals surface area contributed by atoms with Gasteiger partial charge in [0.1, 0.15) is 23.7 Å². The number of thiophene rings is 1. The molecule has 2 rings (SSSR count). The lowest BCUT2D eigenvalue weighted by atomic mass is 10.2. The summed E-state index contributed by atoms with van der Waals surface area (Å²) in [5, 5.41) is 22.6. The number of carbonyl (C=O) groups is 2. The molecular weight excluding hydrogens is 300 g/mol. The van der Waals surface area contributed by atoms with E-state index < -0.39 is 35.3 Å². The van der Waals surface area contributed by atoms with Gasteiger partial charge in [-0.25, -0.2) is 0 Å². The average Bonchev–Trinajstić information content (AvgIpc) is 2.91. The number of nitrogens with one attached hydrogen (secondary N) is 1. The Morgan fingerprint density at radius 3 is 2.81 bits per heavy atom. The lowest BCUT2D eigenvalue weighted by Gasteiger charge is -2.11. The number of amides is 1. The fourth-order valence-electron chi connectivity index (χ4n) is 1.76. The first kappa shape index (κ1) is 14.9. The van der Waals surface area contributed by atoms with Crippen LogP contribution in [0.4, 0.5) is 0 Å². The van der Waals surface area contributed by atoms with E-state index in [4.69, 9.17) is 9.94 Å². The molecule has 8 nitrogen and oxygen atoms in total. The first-order valence-corrected chi connectivity index (χ1v) is 6.83. The summed E-state index contributed by atoms with van der Waals surface area (Å²) < 4.78 is 0.926. The molecule has 0 fully saturated rings. The first-order valence-electron chi connectivity index (χ1n) is 5.95. The molecule has 0 radical (unpaired) electrons. The number of aromatic nitrogens is 1. The zero-order valence-corrected chi connectivity index (χ0v) is 11.8. The number of hydrogen-bond donors (Lipinski definition) is 3. The second-order valence-corrected chi connectivity index (χ2v) is 4.85. The number of nitrogens with zero attached hydrogens (tertiary/aromatic N) is 1. The number of rotatable bonds is 5. The summed E-state index contributed by atoms with van der Waals surface area (Å²) in [7, 11) is 0. The predicted octanol–water partition coefficient (Wildman–Crippen LogP) is 0.0315. The molecule has 2 aromatic heterocycles. The lowest BCUT2D eigenvalue weighted by Crippen LogP contribution is -2.37. The number of aromatic hydroxyl groups is 1. The highest BCUT2D eigenvalue weighted by Gasteiger charge is 2.23. The Morgan fingerprint density at radius 2 is 2.19 bits per heavy atom. The molecule has 0 aliphatic carbocycles. The third-order valence-corrected chi connectivity index (χ3v) is 3.49. The van der Waals surface area contributed by atoms with Crippen molar-refractivity contribution >= 4 is 33.4 Å². The monoisotopic (exact) mass is 312 g/mol. The normalized spacial score (nSPS) is 10.5. The van der Waals surface area contributed by atoms with Crippen LogP contribution in [0.1, 0.15) is 17.3 Å². The van der Waals surface area contributed by atoms with Crippen LogP contribution in [0.5, 0.6) is 5.75 Å². The Labute approximate surface area is 122 Å². The predicted molar refractivity (Wildman–Crippen MR) is 74.8 cm³/mol. The molecule has 0 aliphatic heterocycles. The van der Waals surface area contributed by atoms with Gasteiger partial charge in [-0.15, -0.1) is 16.1 Å². The quantitative estimate of drug-likeness (QED) is 0.717. The maximum absolute atomic E-state index is 12.3. The number of carbonyl (C=O) groups excluding carboxylic acids is 1. The smallest absolute Gasteiger partial charge is 0.322 e. The number of hydrogen-bond acceptors (Lipinski definition) is 6. The summed E-state index contributed by atoms with van der Waals surface area (Å²) in [5.74, 6) is -2.72. The lowest BCUT2D eigenvalue weighted by molar-refractivity contribution is -0.135. The van der Waals surface area contributed by atoms with Gasteiger partial charge in [-0.3, -0.25) is 14.4 Å². The molecule has 0 bridgehead atoms. The van der Waals surface area contributed by atoms with Crippen LogP contribution in [0.25, 0.3) is 10.2 Å². The molecule has 0 saturated heterocycles. The van der Waals surface area contributed by atoms with Crippen LogP contribution >= 0.6 is 11.3 Å². The Morgan fingerprint density at radius 1 is 1.48 bits per heavy atom. The summed E-state index contributed by atoms with van der Waals surface area (Å²) in [5.41, 5.74) is -1.39. The van der Waals surface area contributed by atoms with E-state index in [0.29, 0.717) is 4.83 Å². The van der Waals surface area contributed by atoms with Gasteiger partial charge in [0.15, 0.2) is 5.56 Å². The van der Waals surface area contributed by atoms with E-state index >= 15 is 0 Å². The minimum Gasteiger partial charge on any atom is -0.506 e. The van der Waals surface area contributed by atoms with Crippen LogP contribution in [-0.4, -0.2) is 40.0 Å². The van der Waals surface area contributed by atoms with Crippen molar-refractivity contribution in [3.8, 4) is 5.75 Å². The van der Waals surface area contributed by atoms with Crippen molar-refractivity contribution in [2.24, 2.45) is 0 Å². The minimum atomic E-state index is -1.26. The van der Waals surface area contributed by atoms with Crippen molar-refractivity contribution < 1.29 is 24.6 Å². The maximum Gasteiger partial charge on any atom is 0.322 e. The second kappa shape index (κ2) is 5.83. The summed E-state index contributed by atoms with van der Waals surface area (Å²) in [4.78, 5) is 40.2. The molecule has 21 heavy (non-hydrogen) atoms. The van der Waals surface area contributed by atoms with E-state index in [1.54, 1.807) is 12.3 Å². The molecule has 2 heterocycles. The highest BCUT2D eigenvalue weighted by Crippen LogP contribution is 2.29. The Bertz CT molecular complexity index is 763. The van der Waals surface area contributed by atoms with E-state index in [2.05, 4.69) is 0 Å². The van der Waals surface area contributed by atoms with E-state index in [-0.39, 0.29) is 12.0 Å². The summed E-state index contributed by atoms with van der Waals surface area (Å²) >= 11 is 1.17. The topological polar surface area (TPSA) is 118 Å². The minimum absolute atomic E-state index is 0.188. The van der Waals surface area contributed by atoms with Crippen molar-refractivity contribution in [1.29, 1.82) is 0 Å². The maximum atomic E-state index is 12.3. The molecule has 0 atom stereocenters. The van der Waals surface area contributed by atoms with Crippen LogP contribution in [0.2, 0.25) is 0 Å². The van der Waals surface area contributed by atoms with Gasteiger partial charge >= 0.3 is 11.5 Å². The fraction of sp³-hybridized carbons (Fsp3) is 0.250. The average molecular weight is 312 g/mol. The van der Waals surface area contributed by atoms with Gasteiger partial charge in [-0.1, -0.05) is 0 Å². The molecule has 0 aromatic carbocycles. The Kier molecular flexibility index (Phi) is 4.13. The zero-order chi connectivity index (χ0) is 15.6. The van der Waals surface area contributed by atoms with E-state index in [0.717, 1.165) is 4.73 Å². The summed E-state index contributed by atoms with van der Waals surface area (Å²) in [6.45, 7) is 1.20. The highest BCUT2D eigenvalue weighted by atomic mass is 32.1. The van der Waals surface area contributed by atoms with Crippen molar-refractivity contribution in [2.75, 3.05) is 13.2 Å². The number of pyridine rings is 1. The zero-order valence-electron chi connectivity index (χ0n) is 11.0. The molecule has 0 unspecified atom stereocenters. The first-order chi connectivity index (χ1) is 9.97. The van der Waals surface area contributed by atoms with Gasteiger partial charge in [0, 0.05) is 0 Å². The van der Waals surface area contributed by atoms with E-state index in [1.807, 2.05) is 5.32 Å². The number of fused-ring (bicyclic) bond motifs is 1. The number of carboxylic acids is 1. The van der Waals surface area contributed by atoms with Crippen molar-refractivity contribution in [2.45, 2.75) is 6.92 Å². The van der Waals surface area contributed by atoms with Crippen LogP contribution in [0.3, 0.4) is 0 Å². The second-order valence-electron chi connectivity index (χ2n) is 3.96. The molecule has 0 spiro atoms. The third-order valence-electron chi connectivity index (χ3n) is 2.60. The fourth-order valence-corrected chi connectivity index (χ4v) is 2.62. The molecule has 1 amide bonds. The van der Waals surface area contributed by atoms with Crippen LogP contribution in [0, 0.1) is 0 Å². The molecular formula is C12H12N2O6S. The molecule has 0 aliphatic rings. The van der Waals surface area contributed by atoms with Crippen molar-refractivity contribution in [1.82, 2.24) is 10.0 Å². The van der Waals surface area contributed by atoms with Gasteiger partial charge in [-0.05, 0) is 18.4 Å². The number of carboxylic acid groups (broad SMARTS) is 1. The van der Waals surface area contributed by atoms with Crippen molar-refractivity contribution in [3.63, 3.8) is 0 Å². The molecule has 2 aromatic rings. The standard InChI is InChI=1S/C12H12N2O6S/c1-2-20-14-11(19)8(10(18)13-5-7(15)16)9(17)6-3-4-21-12(6)14/h3-4,17H,2,5H2,1H3,(H,13,18)(H,15,16). The summed E-state index contributed by atoms with van der Waals surface area (Å²) in [6.07, 6.45) is 0. The van der Waals surface area contributed by atoms with Crippen LogP contribution in [-0.2, 0) is 4.79 Å².